The van der Waals surface area contributed by atoms with E-state index < -0.39 is 54.0 Å². The van der Waals surface area contributed by atoms with E-state index in [1.54, 1.807) is 0 Å². The van der Waals surface area contributed by atoms with Gasteiger partial charge >= 0.3 is 18.7 Å². The average molecular weight is 691 g/mol. The normalized spacial score (nSPS) is 16.9. The molecule has 0 saturated carbocycles. The summed E-state index contributed by atoms with van der Waals surface area (Å²) in [5.41, 5.74) is -5.66. The van der Waals surface area contributed by atoms with Crippen LogP contribution in [0.2, 0.25) is 10.0 Å². The number of halogens is 11. The highest BCUT2D eigenvalue weighted by Crippen LogP contribution is 2.47. The maximum absolute atomic E-state index is 13.3. The second-order valence-corrected chi connectivity index (χ2v) is 11.5. The molecule has 1 atom stereocenters. The van der Waals surface area contributed by atoms with Crippen molar-refractivity contribution in [1.29, 1.82) is 0 Å². The summed E-state index contributed by atoms with van der Waals surface area (Å²) in [5, 5.41) is 12.0. The maximum Gasteiger partial charge on any atom is 0.573 e. The van der Waals surface area contributed by atoms with Crippen LogP contribution in [0.15, 0.2) is 48.5 Å². The highest BCUT2D eigenvalue weighted by molar-refractivity contribution is 6.36. The molecule has 2 heterocycles. The molecule has 0 bridgehead atoms. The molecule has 1 amide bonds. The van der Waals surface area contributed by atoms with Crippen molar-refractivity contribution in [2.45, 2.75) is 62.6 Å². The van der Waals surface area contributed by atoms with Gasteiger partial charge in [0.25, 0.3) is 5.60 Å². The molecule has 244 valence electrons. The van der Waals surface area contributed by atoms with Crippen molar-refractivity contribution < 1.29 is 58.9 Å². The zero-order valence-corrected chi connectivity index (χ0v) is 24.4. The molecule has 0 aliphatic carbocycles. The first kappa shape index (κ1) is 34.4. The molecule has 4 rings (SSSR count). The number of carbonyl (C=O) groups is 1. The van der Waals surface area contributed by atoms with Crippen LogP contribution in [-0.4, -0.2) is 45.9 Å². The van der Waals surface area contributed by atoms with Crippen molar-refractivity contribution in [2.24, 2.45) is 0 Å². The summed E-state index contributed by atoms with van der Waals surface area (Å²) >= 11 is 12.4. The number of fused-ring (bicyclic) bond motifs is 1. The van der Waals surface area contributed by atoms with Gasteiger partial charge in [0.1, 0.15) is 11.4 Å². The fourth-order valence-corrected chi connectivity index (χ4v) is 5.16. The number of hydrogen-bond donors (Lipinski definition) is 2. The molecule has 0 saturated heterocycles. The van der Waals surface area contributed by atoms with E-state index in [0.29, 0.717) is 0 Å². The molecular formula is C28H21Cl2F9N2O4. The number of ether oxygens (including phenoxy) is 2. The Morgan fingerprint density at radius 2 is 1.58 bits per heavy atom. The van der Waals surface area contributed by atoms with Gasteiger partial charge in [-0.3, -0.25) is 4.79 Å². The summed E-state index contributed by atoms with van der Waals surface area (Å²) in [4.78, 5) is 17.2. The standard InChI is InChI=1S/C28H21Cl2F9N2O4/c1-24(2)11-20(40-21(42)12-25(43,26(31,32)33)27(34,35)36)18-10-17(13-3-6-15(7-4-13)44-28(37,38)39)22(41-23(18)45-24)16-8-5-14(29)9-19(16)30/h3-10,20,43H,11-12H2,1-2H3,(H,40,42)/t20-/m1/s1. The Labute approximate surface area is 259 Å². The minimum absolute atomic E-state index is 0.0182. The predicted molar refractivity (Wildman–Crippen MR) is 144 cm³/mol. The van der Waals surface area contributed by atoms with E-state index in [1.165, 1.54) is 50.2 Å². The first-order valence-corrected chi connectivity index (χ1v) is 13.5. The predicted octanol–water partition coefficient (Wildman–Crippen LogP) is 8.59. The Morgan fingerprint density at radius 3 is 2.11 bits per heavy atom. The number of amides is 1. The van der Waals surface area contributed by atoms with E-state index in [4.69, 9.17) is 27.9 Å². The fraction of sp³-hybridized carbons (Fsp3) is 0.357. The topological polar surface area (TPSA) is 80.7 Å². The number of nitrogens with one attached hydrogen (secondary N) is 1. The lowest BCUT2D eigenvalue weighted by Crippen LogP contribution is -2.59. The van der Waals surface area contributed by atoms with E-state index in [1.807, 2.05) is 0 Å². The molecule has 1 aromatic heterocycles. The lowest BCUT2D eigenvalue weighted by atomic mass is 9.88. The zero-order valence-electron chi connectivity index (χ0n) is 22.9. The average Bonchev–Trinajstić information content (AvgIpc) is 2.85. The SMILES string of the molecule is CC1(C)C[C@@H](NC(=O)CC(O)(C(F)(F)F)C(F)(F)F)c2cc(-c3ccc(OC(F)(F)F)cc3)c(-c3ccc(Cl)cc3Cl)nc2O1. The number of aliphatic hydroxyl groups is 1. The summed E-state index contributed by atoms with van der Waals surface area (Å²) in [5.74, 6) is -2.50. The highest BCUT2D eigenvalue weighted by atomic mass is 35.5. The second kappa shape index (κ2) is 11.7. The van der Waals surface area contributed by atoms with E-state index in [9.17, 15) is 49.4 Å². The number of aromatic nitrogens is 1. The maximum atomic E-state index is 13.3. The Hall–Kier alpha value is -3.43. The second-order valence-electron chi connectivity index (χ2n) is 10.7. The Balaban J connectivity index is 1.83. The summed E-state index contributed by atoms with van der Waals surface area (Å²) in [6, 6.07) is 8.93. The third kappa shape index (κ3) is 7.52. The van der Waals surface area contributed by atoms with E-state index in [-0.39, 0.29) is 50.3 Å². The third-order valence-corrected chi connectivity index (χ3v) is 7.28. The van der Waals surface area contributed by atoms with Crippen LogP contribution in [0, 0.1) is 0 Å². The molecule has 0 spiro atoms. The van der Waals surface area contributed by atoms with Crippen LogP contribution in [0.4, 0.5) is 39.5 Å². The van der Waals surface area contributed by atoms with Crippen molar-refractivity contribution in [3.8, 4) is 34.0 Å². The lowest BCUT2D eigenvalue weighted by molar-refractivity contribution is -0.367. The number of benzene rings is 2. The fourth-order valence-electron chi connectivity index (χ4n) is 4.66. The quantitative estimate of drug-likeness (QED) is 0.253. The van der Waals surface area contributed by atoms with Crippen LogP contribution in [-0.2, 0) is 4.79 Å². The molecule has 0 unspecified atom stereocenters. The smallest absolute Gasteiger partial charge is 0.471 e. The van der Waals surface area contributed by atoms with Gasteiger partial charge in [0.2, 0.25) is 11.8 Å². The van der Waals surface area contributed by atoms with Crippen molar-refractivity contribution in [3.63, 3.8) is 0 Å². The van der Waals surface area contributed by atoms with E-state index in [2.05, 4.69) is 15.0 Å². The number of carbonyl (C=O) groups excluding carboxylic acids is 1. The van der Waals surface area contributed by atoms with Gasteiger partial charge < -0.3 is 19.9 Å². The molecule has 2 N–H and O–H groups in total. The Kier molecular flexibility index (Phi) is 8.98. The Bertz CT molecular complexity index is 1580. The summed E-state index contributed by atoms with van der Waals surface area (Å²) in [7, 11) is 0. The number of hydrogen-bond acceptors (Lipinski definition) is 5. The Morgan fingerprint density at radius 1 is 0.978 bits per heavy atom. The van der Waals surface area contributed by atoms with Gasteiger partial charge in [-0.2, -0.15) is 26.3 Å². The van der Waals surface area contributed by atoms with Crippen molar-refractivity contribution in [1.82, 2.24) is 10.3 Å². The monoisotopic (exact) mass is 690 g/mol. The molecule has 45 heavy (non-hydrogen) atoms. The highest BCUT2D eigenvalue weighted by Gasteiger charge is 2.71. The van der Waals surface area contributed by atoms with Gasteiger partial charge in [-0.25, -0.2) is 4.98 Å². The van der Waals surface area contributed by atoms with Gasteiger partial charge in [-0.1, -0.05) is 35.3 Å². The molecule has 1 aliphatic heterocycles. The number of alkyl halides is 9. The number of pyridine rings is 1. The van der Waals surface area contributed by atoms with Crippen molar-refractivity contribution in [2.75, 3.05) is 0 Å². The van der Waals surface area contributed by atoms with Crippen LogP contribution in [0.3, 0.4) is 0 Å². The van der Waals surface area contributed by atoms with Gasteiger partial charge in [0.15, 0.2) is 0 Å². The first-order valence-electron chi connectivity index (χ1n) is 12.7. The van der Waals surface area contributed by atoms with Crippen LogP contribution in [0.1, 0.15) is 38.3 Å². The lowest BCUT2D eigenvalue weighted by Gasteiger charge is -2.38. The van der Waals surface area contributed by atoms with Crippen LogP contribution in [0.5, 0.6) is 11.6 Å². The molecule has 0 fully saturated rings. The van der Waals surface area contributed by atoms with Crippen LogP contribution < -0.4 is 14.8 Å². The van der Waals surface area contributed by atoms with E-state index in [0.717, 1.165) is 12.1 Å². The molecule has 0 radical (unpaired) electrons. The van der Waals surface area contributed by atoms with Gasteiger partial charge in [-0.05, 0) is 55.8 Å². The minimum Gasteiger partial charge on any atom is -0.471 e. The third-order valence-electron chi connectivity index (χ3n) is 6.73. The van der Waals surface area contributed by atoms with Crippen LogP contribution in [0.25, 0.3) is 22.4 Å². The number of nitrogens with zero attached hydrogens (tertiary/aromatic N) is 1. The van der Waals surface area contributed by atoms with Gasteiger partial charge in [0.05, 0.1) is 23.2 Å². The molecule has 17 heteroatoms. The molecule has 1 aliphatic rings. The molecule has 2 aromatic carbocycles. The summed E-state index contributed by atoms with van der Waals surface area (Å²) in [6.45, 7) is 3.06. The van der Waals surface area contributed by atoms with Gasteiger partial charge in [-0.15, -0.1) is 13.2 Å². The molecule has 6 nitrogen and oxygen atoms in total. The molecule has 3 aromatic rings. The van der Waals surface area contributed by atoms with Gasteiger partial charge in [0, 0.05) is 28.1 Å². The molecular weight excluding hydrogens is 670 g/mol. The zero-order chi connectivity index (χ0) is 33.8. The van der Waals surface area contributed by atoms with Crippen molar-refractivity contribution in [3.05, 3.63) is 64.1 Å². The van der Waals surface area contributed by atoms with Crippen molar-refractivity contribution >= 4 is 29.1 Å². The first-order chi connectivity index (χ1) is 20.5. The van der Waals surface area contributed by atoms with E-state index >= 15 is 0 Å². The largest absolute Gasteiger partial charge is 0.573 e. The summed E-state index contributed by atoms with van der Waals surface area (Å²) < 4.78 is 128. The minimum atomic E-state index is -6.22. The number of rotatable bonds is 6. The van der Waals surface area contributed by atoms with Crippen LogP contribution >= 0.6 is 23.2 Å². The summed E-state index contributed by atoms with van der Waals surface area (Å²) in [6.07, 6.45) is -20.0.